The van der Waals surface area contributed by atoms with Gasteiger partial charge in [0.05, 0.1) is 18.1 Å². The summed E-state index contributed by atoms with van der Waals surface area (Å²) >= 11 is 8.89. The molecular formula is C5H8BrClO. The van der Waals surface area contributed by atoms with Crippen LogP contribution < -0.4 is 0 Å². The number of alkyl halides is 2. The van der Waals surface area contributed by atoms with Gasteiger partial charge in [0.15, 0.2) is 0 Å². The van der Waals surface area contributed by atoms with Crippen molar-refractivity contribution < 1.29 is 4.74 Å². The van der Waals surface area contributed by atoms with Crippen molar-refractivity contribution in [3.63, 3.8) is 0 Å². The maximum atomic E-state index is 5.49. The Balaban J connectivity index is 2.16. The summed E-state index contributed by atoms with van der Waals surface area (Å²) in [5.41, 5.74) is 0. The van der Waals surface area contributed by atoms with Gasteiger partial charge in [-0.2, -0.15) is 0 Å². The first-order valence-electron chi connectivity index (χ1n) is 2.61. The van der Waals surface area contributed by atoms with Crippen LogP contribution in [0.15, 0.2) is 0 Å². The fraction of sp³-hybridized carbons (Fsp3) is 1.00. The minimum Gasteiger partial charge on any atom is -0.367 e. The summed E-state index contributed by atoms with van der Waals surface area (Å²) in [7, 11) is 0. The van der Waals surface area contributed by atoms with Gasteiger partial charge in [0, 0.05) is 4.83 Å². The summed E-state index contributed by atoms with van der Waals surface area (Å²) < 4.78 is 5.15. The van der Waals surface area contributed by atoms with Gasteiger partial charge in [0.1, 0.15) is 0 Å². The molecule has 0 bridgehead atoms. The minimum absolute atomic E-state index is 0.311. The average Bonchev–Trinajstić information content (AvgIpc) is 2.42. The van der Waals surface area contributed by atoms with Gasteiger partial charge in [-0.3, -0.25) is 0 Å². The average molecular weight is 199 g/mol. The van der Waals surface area contributed by atoms with Crippen molar-refractivity contribution >= 4 is 27.5 Å². The molecule has 0 aromatic heterocycles. The molecule has 1 fully saturated rings. The summed E-state index contributed by atoms with van der Waals surface area (Å²) in [6.45, 7) is 2.07. The quantitative estimate of drug-likeness (QED) is 0.488. The van der Waals surface area contributed by atoms with Gasteiger partial charge in [-0.25, -0.2) is 0 Å². The summed E-state index contributed by atoms with van der Waals surface area (Å²) in [4.78, 5) is 0.450. The van der Waals surface area contributed by atoms with E-state index in [4.69, 9.17) is 16.3 Å². The van der Waals surface area contributed by atoms with Crippen LogP contribution in [0.2, 0.25) is 0 Å². The number of hydrogen-bond acceptors (Lipinski definition) is 1. The lowest BCUT2D eigenvalue weighted by Gasteiger charge is -1.91. The highest BCUT2D eigenvalue weighted by atomic mass is 79.9. The Kier molecular flexibility index (Phi) is 2.18. The van der Waals surface area contributed by atoms with E-state index in [1.165, 1.54) is 0 Å². The molecule has 0 N–H and O–H groups in total. The first-order valence-corrected chi connectivity index (χ1v) is 4.06. The molecule has 1 aliphatic rings. The van der Waals surface area contributed by atoms with Crippen LogP contribution >= 0.6 is 27.5 Å². The third kappa shape index (κ3) is 1.36. The number of ether oxygens (including phenoxy) is 1. The van der Waals surface area contributed by atoms with Crippen LogP contribution in [0.3, 0.4) is 0 Å². The largest absolute Gasteiger partial charge is 0.367 e. The molecule has 0 aromatic rings. The second-order valence-electron chi connectivity index (χ2n) is 1.97. The normalized spacial score (nSPS) is 39.4. The fourth-order valence-electron chi connectivity index (χ4n) is 0.685. The molecule has 0 aromatic carbocycles. The molecule has 8 heavy (non-hydrogen) atoms. The second kappa shape index (κ2) is 2.54. The molecule has 1 aliphatic heterocycles. The molecule has 1 nitrogen and oxygen atoms in total. The predicted molar refractivity (Wildman–Crippen MR) is 37.8 cm³/mol. The molecule has 3 atom stereocenters. The van der Waals surface area contributed by atoms with Crippen LogP contribution in [0.25, 0.3) is 0 Å². The smallest absolute Gasteiger partial charge is 0.0988 e. The highest BCUT2D eigenvalue weighted by Crippen LogP contribution is 2.29. The Morgan fingerprint density at radius 1 is 1.88 bits per heavy atom. The van der Waals surface area contributed by atoms with E-state index in [1.807, 2.05) is 0 Å². The summed E-state index contributed by atoms with van der Waals surface area (Å²) in [6.07, 6.45) is 0.679. The van der Waals surface area contributed by atoms with Crippen molar-refractivity contribution in [2.45, 2.75) is 24.0 Å². The van der Waals surface area contributed by atoms with E-state index >= 15 is 0 Å². The maximum absolute atomic E-state index is 5.49. The molecule has 0 saturated carbocycles. The molecule has 0 aliphatic carbocycles. The van der Waals surface area contributed by atoms with Crippen LogP contribution in [0.4, 0.5) is 0 Å². The topological polar surface area (TPSA) is 12.5 Å². The molecule has 0 spiro atoms. The summed E-state index contributed by atoms with van der Waals surface area (Å²) in [5.74, 6) is 0.626. The summed E-state index contributed by atoms with van der Waals surface area (Å²) in [6, 6.07) is 0. The molecule has 3 unspecified atom stereocenters. The van der Waals surface area contributed by atoms with E-state index in [9.17, 15) is 0 Å². The fourth-order valence-corrected chi connectivity index (χ4v) is 1.40. The van der Waals surface area contributed by atoms with E-state index in [0.717, 1.165) is 0 Å². The van der Waals surface area contributed by atoms with Crippen molar-refractivity contribution in [2.75, 3.05) is 5.88 Å². The van der Waals surface area contributed by atoms with Crippen molar-refractivity contribution in [2.24, 2.45) is 0 Å². The van der Waals surface area contributed by atoms with Crippen LogP contribution in [-0.4, -0.2) is 22.9 Å². The van der Waals surface area contributed by atoms with Crippen LogP contribution in [0.5, 0.6) is 0 Å². The predicted octanol–water partition coefficient (Wildman–Crippen LogP) is 1.78. The van der Waals surface area contributed by atoms with E-state index in [2.05, 4.69) is 22.9 Å². The lowest BCUT2D eigenvalue weighted by Crippen LogP contribution is -2.04. The summed E-state index contributed by atoms with van der Waals surface area (Å²) in [5, 5.41) is 0. The molecule has 3 heteroatoms. The van der Waals surface area contributed by atoms with E-state index < -0.39 is 0 Å². The molecule has 48 valence electrons. The second-order valence-corrected chi connectivity index (χ2v) is 3.72. The standard InChI is InChI=1S/C5H8BrClO/c1-3(6)5-4(2-7)8-5/h3-5H,2H2,1H3. The van der Waals surface area contributed by atoms with Gasteiger partial charge >= 0.3 is 0 Å². The van der Waals surface area contributed by atoms with Crippen molar-refractivity contribution in [3.05, 3.63) is 0 Å². The van der Waals surface area contributed by atoms with E-state index in [-0.39, 0.29) is 0 Å². The Morgan fingerprint density at radius 2 is 2.50 bits per heavy atom. The third-order valence-corrected chi connectivity index (χ3v) is 2.05. The Morgan fingerprint density at radius 3 is 2.62 bits per heavy atom. The van der Waals surface area contributed by atoms with Gasteiger partial charge in [-0.15, -0.1) is 11.6 Å². The molecule has 0 amide bonds. The Bertz CT molecular complexity index is 86.5. The zero-order chi connectivity index (χ0) is 6.15. The van der Waals surface area contributed by atoms with E-state index in [0.29, 0.717) is 22.9 Å². The third-order valence-electron chi connectivity index (χ3n) is 1.23. The van der Waals surface area contributed by atoms with Crippen molar-refractivity contribution in [1.82, 2.24) is 0 Å². The zero-order valence-electron chi connectivity index (χ0n) is 4.60. The van der Waals surface area contributed by atoms with Crippen molar-refractivity contribution in [1.29, 1.82) is 0 Å². The van der Waals surface area contributed by atoms with Gasteiger partial charge in [-0.05, 0) is 0 Å². The zero-order valence-corrected chi connectivity index (χ0v) is 6.95. The monoisotopic (exact) mass is 198 g/mol. The molecular weight excluding hydrogens is 191 g/mol. The number of hydrogen-bond donors (Lipinski definition) is 0. The van der Waals surface area contributed by atoms with Gasteiger partial charge in [0.2, 0.25) is 0 Å². The van der Waals surface area contributed by atoms with Crippen molar-refractivity contribution in [3.8, 4) is 0 Å². The number of rotatable bonds is 2. The molecule has 1 rings (SSSR count). The number of epoxide rings is 1. The molecule has 0 radical (unpaired) electrons. The van der Waals surface area contributed by atoms with Gasteiger partial charge < -0.3 is 4.74 Å². The van der Waals surface area contributed by atoms with Crippen LogP contribution in [0, 0.1) is 0 Å². The van der Waals surface area contributed by atoms with E-state index in [1.54, 1.807) is 0 Å². The van der Waals surface area contributed by atoms with Gasteiger partial charge in [-0.1, -0.05) is 22.9 Å². The number of halogens is 2. The SMILES string of the molecule is CC(Br)C1OC1CCl. The van der Waals surface area contributed by atoms with Crippen LogP contribution in [-0.2, 0) is 4.74 Å². The van der Waals surface area contributed by atoms with Crippen LogP contribution in [0.1, 0.15) is 6.92 Å². The molecule has 1 heterocycles. The Hall–Kier alpha value is 0.730. The van der Waals surface area contributed by atoms with Gasteiger partial charge in [0.25, 0.3) is 0 Å². The minimum atomic E-state index is 0.311. The first kappa shape index (κ1) is 6.84. The first-order chi connectivity index (χ1) is 3.75. The Labute approximate surface area is 62.5 Å². The maximum Gasteiger partial charge on any atom is 0.0988 e. The lowest BCUT2D eigenvalue weighted by atomic mass is 10.3. The lowest BCUT2D eigenvalue weighted by molar-refractivity contribution is 0.380. The highest BCUT2D eigenvalue weighted by molar-refractivity contribution is 9.09. The molecule has 1 saturated heterocycles. The highest BCUT2D eigenvalue weighted by Gasteiger charge is 2.40.